The average molecular weight is 312 g/mol. The molecule has 0 fully saturated rings. The first-order valence-electron chi connectivity index (χ1n) is 5.92. The topological polar surface area (TPSA) is 96.1 Å². The highest BCUT2D eigenvalue weighted by Gasteiger charge is 2.23. The molecule has 116 valence electrons. The third-order valence-corrected chi connectivity index (χ3v) is 4.02. The molecule has 0 amide bonds. The van der Waals surface area contributed by atoms with E-state index in [2.05, 4.69) is 25.0 Å². The molecule has 1 aromatic heterocycles. The van der Waals surface area contributed by atoms with Crippen LogP contribution < -0.4 is 10.0 Å². The maximum atomic E-state index is 12.1. The summed E-state index contributed by atoms with van der Waals surface area (Å²) >= 11 is 0. The lowest BCUT2D eigenvalue weighted by Gasteiger charge is -2.08. The molecule has 7 nitrogen and oxygen atoms in total. The minimum atomic E-state index is -3.75. The fourth-order valence-corrected chi connectivity index (χ4v) is 2.98. The second kappa shape index (κ2) is 7.62. The summed E-state index contributed by atoms with van der Waals surface area (Å²) in [5.41, 5.74) is 0.780. The van der Waals surface area contributed by atoms with Gasteiger partial charge in [0.15, 0.2) is 0 Å². The van der Waals surface area contributed by atoms with Gasteiger partial charge in [0.2, 0.25) is 10.0 Å². The van der Waals surface area contributed by atoms with Gasteiger partial charge in [-0.2, -0.15) is 5.10 Å². The number of hydrogen-bond acceptors (Lipinski definition) is 5. The molecule has 0 saturated heterocycles. The van der Waals surface area contributed by atoms with Gasteiger partial charge in [-0.25, -0.2) is 21.9 Å². The van der Waals surface area contributed by atoms with Gasteiger partial charge in [0, 0.05) is 13.1 Å². The second-order valence-electron chi connectivity index (χ2n) is 4.02. The summed E-state index contributed by atoms with van der Waals surface area (Å²) in [5.74, 6) is 0. The van der Waals surface area contributed by atoms with E-state index in [9.17, 15) is 17.2 Å². The molecular weight excluding hydrogens is 294 g/mol. The summed E-state index contributed by atoms with van der Waals surface area (Å²) in [4.78, 5) is 0.0701. The van der Waals surface area contributed by atoms with Crippen LogP contribution in [0, 0.1) is 6.92 Å². The monoisotopic (exact) mass is 312 g/mol. The molecule has 0 spiro atoms. The van der Waals surface area contributed by atoms with E-state index in [1.807, 2.05) is 0 Å². The molecular formula is C10H18F2N4O3S. The summed E-state index contributed by atoms with van der Waals surface area (Å²) in [7, 11) is -2.08. The van der Waals surface area contributed by atoms with E-state index in [4.69, 9.17) is 0 Å². The molecule has 0 radical (unpaired) electrons. The molecule has 0 aliphatic heterocycles. The van der Waals surface area contributed by atoms with Gasteiger partial charge >= 0.3 is 0 Å². The summed E-state index contributed by atoms with van der Waals surface area (Å²) in [6.45, 7) is 0.967. The fourth-order valence-electron chi connectivity index (χ4n) is 1.61. The highest BCUT2D eigenvalue weighted by Crippen LogP contribution is 2.16. The summed E-state index contributed by atoms with van der Waals surface area (Å²) in [6, 6.07) is 0. The Bertz CT molecular complexity index is 519. The number of nitrogens with zero attached hydrogens (tertiary/aromatic N) is 1. The first kappa shape index (κ1) is 17.0. The summed E-state index contributed by atoms with van der Waals surface area (Å²) in [5, 5.41) is 9.32. The average Bonchev–Trinajstić information content (AvgIpc) is 2.71. The molecule has 0 atom stereocenters. The third-order valence-electron chi connectivity index (χ3n) is 2.36. The van der Waals surface area contributed by atoms with Crippen LogP contribution in [0.5, 0.6) is 0 Å². The number of sulfonamides is 1. The lowest BCUT2D eigenvalue weighted by molar-refractivity contribution is 0.0199. The van der Waals surface area contributed by atoms with Crippen molar-refractivity contribution < 1.29 is 21.9 Å². The van der Waals surface area contributed by atoms with E-state index in [0.29, 0.717) is 17.9 Å². The van der Waals surface area contributed by atoms with Gasteiger partial charge in [0.05, 0.1) is 18.0 Å². The SMILES string of the molecule is CNCc1n[nH]c(C)c1S(=O)(=O)NCCOCC(F)F. The summed E-state index contributed by atoms with van der Waals surface area (Å²) < 4.78 is 54.8. The van der Waals surface area contributed by atoms with Gasteiger partial charge < -0.3 is 10.1 Å². The maximum Gasteiger partial charge on any atom is 0.261 e. The van der Waals surface area contributed by atoms with Crippen LogP contribution in [-0.4, -0.2) is 51.8 Å². The van der Waals surface area contributed by atoms with Crippen molar-refractivity contribution in [2.24, 2.45) is 0 Å². The Balaban J connectivity index is 2.62. The van der Waals surface area contributed by atoms with Crippen LogP contribution >= 0.6 is 0 Å². The van der Waals surface area contributed by atoms with Gasteiger partial charge in [-0.3, -0.25) is 5.10 Å². The van der Waals surface area contributed by atoms with Gasteiger partial charge in [0.25, 0.3) is 6.43 Å². The lowest BCUT2D eigenvalue weighted by Crippen LogP contribution is -2.29. The fraction of sp³-hybridized carbons (Fsp3) is 0.700. The number of alkyl halides is 2. The molecule has 1 rings (SSSR count). The number of aromatic nitrogens is 2. The Morgan fingerprint density at radius 1 is 1.45 bits per heavy atom. The molecule has 10 heteroatoms. The summed E-state index contributed by atoms with van der Waals surface area (Å²) in [6.07, 6.45) is -2.56. The largest absolute Gasteiger partial charge is 0.374 e. The molecule has 0 aromatic carbocycles. The van der Waals surface area contributed by atoms with Gasteiger partial charge in [-0.15, -0.1) is 0 Å². The predicted octanol–water partition coefficient (Wildman–Crippen LogP) is -0.00248. The Hall–Kier alpha value is -1.10. The van der Waals surface area contributed by atoms with Crippen molar-refractivity contribution >= 4 is 10.0 Å². The Morgan fingerprint density at radius 2 is 2.15 bits per heavy atom. The number of rotatable bonds is 9. The third kappa shape index (κ3) is 4.78. The van der Waals surface area contributed by atoms with Gasteiger partial charge in [0.1, 0.15) is 11.5 Å². The quantitative estimate of drug-likeness (QED) is 0.558. The molecule has 20 heavy (non-hydrogen) atoms. The van der Waals surface area contributed by atoms with Crippen molar-refractivity contribution in [2.45, 2.75) is 24.8 Å². The van der Waals surface area contributed by atoms with Crippen molar-refractivity contribution in [2.75, 3.05) is 26.8 Å². The standard InChI is InChI=1S/C10H18F2N4O3S/c1-7-10(8(5-13-2)16-15-7)20(17,18)14-3-4-19-6-9(11)12/h9,13-14H,3-6H2,1-2H3,(H,15,16). The van der Waals surface area contributed by atoms with Crippen LogP contribution in [0.4, 0.5) is 8.78 Å². The van der Waals surface area contributed by atoms with E-state index < -0.39 is 23.1 Å². The molecule has 1 heterocycles. The van der Waals surface area contributed by atoms with E-state index in [0.717, 1.165) is 0 Å². The van der Waals surface area contributed by atoms with E-state index >= 15 is 0 Å². The van der Waals surface area contributed by atoms with Crippen molar-refractivity contribution in [3.05, 3.63) is 11.4 Å². The Morgan fingerprint density at radius 3 is 2.75 bits per heavy atom. The number of nitrogens with one attached hydrogen (secondary N) is 3. The van der Waals surface area contributed by atoms with Crippen LogP contribution in [0.2, 0.25) is 0 Å². The lowest BCUT2D eigenvalue weighted by atomic mass is 10.4. The molecule has 0 aliphatic carbocycles. The molecule has 0 aliphatic rings. The molecule has 0 saturated carbocycles. The first-order chi connectivity index (χ1) is 9.38. The maximum absolute atomic E-state index is 12.1. The smallest absolute Gasteiger partial charge is 0.261 e. The number of halogens is 2. The first-order valence-corrected chi connectivity index (χ1v) is 7.40. The van der Waals surface area contributed by atoms with Crippen molar-refractivity contribution in [1.82, 2.24) is 20.2 Å². The Kier molecular flexibility index (Phi) is 6.46. The number of ether oxygens (including phenoxy) is 1. The highest BCUT2D eigenvalue weighted by molar-refractivity contribution is 7.89. The zero-order valence-electron chi connectivity index (χ0n) is 11.2. The van der Waals surface area contributed by atoms with Gasteiger partial charge in [-0.1, -0.05) is 0 Å². The van der Waals surface area contributed by atoms with Crippen molar-refractivity contribution in [3.63, 3.8) is 0 Å². The van der Waals surface area contributed by atoms with Crippen LogP contribution in [0.1, 0.15) is 11.4 Å². The minimum Gasteiger partial charge on any atom is -0.374 e. The second-order valence-corrected chi connectivity index (χ2v) is 5.72. The van der Waals surface area contributed by atoms with E-state index in [1.54, 1.807) is 14.0 Å². The molecule has 0 bridgehead atoms. The van der Waals surface area contributed by atoms with Gasteiger partial charge in [-0.05, 0) is 14.0 Å². The number of aromatic amines is 1. The molecule has 0 unspecified atom stereocenters. The zero-order chi connectivity index (χ0) is 15.2. The molecule has 3 N–H and O–H groups in total. The van der Waals surface area contributed by atoms with Crippen LogP contribution in [0.25, 0.3) is 0 Å². The molecule has 1 aromatic rings. The zero-order valence-corrected chi connectivity index (χ0v) is 12.1. The van der Waals surface area contributed by atoms with Crippen LogP contribution in [0.15, 0.2) is 4.90 Å². The number of H-pyrrole nitrogens is 1. The van der Waals surface area contributed by atoms with E-state index in [1.165, 1.54) is 0 Å². The predicted molar refractivity (Wildman–Crippen MR) is 68.1 cm³/mol. The Labute approximate surface area is 116 Å². The minimum absolute atomic E-state index is 0.0701. The number of hydrogen-bond donors (Lipinski definition) is 3. The van der Waals surface area contributed by atoms with E-state index in [-0.39, 0.29) is 18.0 Å². The normalized spacial score (nSPS) is 12.2. The van der Waals surface area contributed by atoms with Crippen molar-refractivity contribution in [3.8, 4) is 0 Å². The number of aryl methyl sites for hydroxylation is 1. The highest BCUT2D eigenvalue weighted by atomic mass is 32.2. The van der Waals surface area contributed by atoms with Crippen molar-refractivity contribution in [1.29, 1.82) is 0 Å². The van der Waals surface area contributed by atoms with Crippen LogP contribution in [0.3, 0.4) is 0 Å². The van der Waals surface area contributed by atoms with Crippen LogP contribution in [-0.2, 0) is 21.3 Å².